The molecule has 3 aromatic rings. The number of likely N-dealkylation sites (tertiary alicyclic amines) is 1. The number of piperidine rings is 1. The Hall–Kier alpha value is -2.57. The third-order valence-corrected chi connectivity index (χ3v) is 8.18. The third-order valence-electron chi connectivity index (χ3n) is 7.44. The van der Waals surface area contributed by atoms with E-state index in [1.165, 1.54) is 0 Å². The van der Waals surface area contributed by atoms with Crippen molar-refractivity contribution in [2.45, 2.75) is 30.7 Å². The minimum absolute atomic E-state index is 0. The molecule has 1 aliphatic heterocycles. The van der Waals surface area contributed by atoms with Crippen LogP contribution in [0.1, 0.15) is 46.7 Å². The number of carbonyl (C=O) groups is 2. The summed E-state index contributed by atoms with van der Waals surface area (Å²) < 4.78 is 0. The lowest BCUT2D eigenvalue weighted by Crippen LogP contribution is -2.51. The smallest absolute Gasteiger partial charge is 0.253 e. The number of amides is 2. The molecule has 3 aromatic carbocycles. The van der Waals surface area contributed by atoms with E-state index in [9.17, 15) is 9.59 Å². The van der Waals surface area contributed by atoms with Crippen molar-refractivity contribution >= 4 is 47.9 Å². The maximum Gasteiger partial charge on any atom is 0.253 e. The van der Waals surface area contributed by atoms with Crippen LogP contribution in [0.4, 0.5) is 0 Å². The highest BCUT2D eigenvalue weighted by Gasteiger charge is 2.35. The highest BCUT2D eigenvalue weighted by Crippen LogP contribution is 2.34. The summed E-state index contributed by atoms with van der Waals surface area (Å²) in [6, 6.07) is 25.3. The average molecular weight is 575 g/mol. The standard InChI is InChI=1S/C30H33Cl2N3O2.ClH/c1-34(29(37)23-8-4-2-5-9-23)21-25(24-12-13-27(31)28(32)20-24)14-17-35-18-15-30(16-19-35,33-22-36)26-10-6-3-7-11-26;/h2-13,20,22,25H,14-19,21H2,1H3,(H,33,36);1H. The lowest BCUT2D eigenvalue weighted by molar-refractivity contribution is -0.112. The van der Waals surface area contributed by atoms with Crippen molar-refractivity contribution in [1.82, 2.24) is 15.1 Å². The van der Waals surface area contributed by atoms with E-state index in [1.54, 1.807) is 4.90 Å². The molecule has 1 aliphatic rings. The Morgan fingerprint density at radius 3 is 2.24 bits per heavy atom. The van der Waals surface area contributed by atoms with E-state index in [-0.39, 0.29) is 29.8 Å². The molecular formula is C30H34Cl3N3O2. The van der Waals surface area contributed by atoms with Gasteiger partial charge in [0.1, 0.15) is 0 Å². The number of rotatable bonds is 10. The Morgan fingerprint density at radius 1 is 1.00 bits per heavy atom. The molecule has 0 saturated carbocycles. The van der Waals surface area contributed by atoms with Crippen molar-refractivity contribution in [3.05, 3.63) is 106 Å². The number of hydrogen-bond acceptors (Lipinski definition) is 3. The fourth-order valence-electron chi connectivity index (χ4n) is 5.23. The molecule has 8 heteroatoms. The minimum Gasteiger partial charge on any atom is -0.349 e. The molecule has 2 amide bonds. The first-order chi connectivity index (χ1) is 17.9. The van der Waals surface area contributed by atoms with Gasteiger partial charge >= 0.3 is 0 Å². The van der Waals surface area contributed by atoms with Crippen LogP contribution in [0.5, 0.6) is 0 Å². The zero-order valence-electron chi connectivity index (χ0n) is 21.5. The van der Waals surface area contributed by atoms with Crippen molar-refractivity contribution in [2.24, 2.45) is 0 Å². The largest absolute Gasteiger partial charge is 0.349 e. The van der Waals surface area contributed by atoms with Gasteiger partial charge < -0.3 is 15.1 Å². The van der Waals surface area contributed by atoms with E-state index >= 15 is 0 Å². The lowest BCUT2D eigenvalue weighted by Gasteiger charge is -2.42. The molecule has 1 fully saturated rings. The number of benzene rings is 3. The van der Waals surface area contributed by atoms with E-state index in [2.05, 4.69) is 22.3 Å². The average Bonchev–Trinajstić information content (AvgIpc) is 2.94. The summed E-state index contributed by atoms with van der Waals surface area (Å²) in [5.41, 5.74) is 2.57. The van der Waals surface area contributed by atoms with Gasteiger partial charge in [-0.2, -0.15) is 0 Å². The molecule has 0 radical (unpaired) electrons. The highest BCUT2D eigenvalue weighted by molar-refractivity contribution is 6.42. The van der Waals surface area contributed by atoms with Gasteiger partial charge in [-0.15, -0.1) is 12.4 Å². The number of hydrogen-bond donors (Lipinski definition) is 1. The molecule has 1 heterocycles. The van der Waals surface area contributed by atoms with Crippen molar-refractivity contribution in [1.29, 1.82) is 0 Å². The second-order valence-corrected chi connectivity index (χ2v) is 10.6. The summed E-state index contributed by atoms with van der Waals surface area (Å²) in [7, 11) is 1.85. The van der Waals surface area contributed by atoms with Crippen molar-refractivity contribution in [3.63, 3.8) is 0 Å². The highest BCUT2D eigenvalue weighted by atomic mass is 35.5. The molecule has 1 saturated heterocycles. The molecule has 5 nitrogen and oxygen atoms in total. The van der Waals surface area contributed by atoms with Crippen molar-refractivity contribution in [2.75, 3.05) is 33.2 Å². The van der Waals surface area contributed by atoms with Gasteiger partial charge in [0.15, 0.2) is 0 Å². The molecule has 202 valence electrons. The Balaban J connectivity index is 0.00000400. The summed E-state index contributed by atoms with van der Waals surface area (Å²) >= 11 is 12.6. The predicted octanol–water partition coefficient (Wildman–Crippen LogP) is 6.40. The van der Waals surface area contributed by atoms with E-state index in [1.807, 2.05) is 73.8 Å². The van der Waals surface area contributed by atoms with Crippen LogP contribution in [0.15, 0.2) is 78.9 Å². The van der Waals surface area contributed by atoms with Gasteiger partial charge in [0.25, 0.3) is 5.91 Å². The topological polar surface area (TPSA) is 52.6 Å². The Bertz CT molecular complexity index is 1190. The van der Waals surface area contributed by atoms with E-state index in [4.69, 9.17) is 23.2 Å². The molecule has 0 aromatic heterocycles. The fraction of sp³-hybridized carbons (Fsp3) is 0.333. The van der Waals surface area contributed by atoms with Crippen molar-refractivity contribution < 1.29 is 9.59 Å². The van der Waals surface area contributed by atoms with Crippen LogP contribution in [0.3, 0.4) is 0 Å². The normalized spacial score (nSPS) is 15.7. The molecule has 0 spiro atoms. The fourth-order valence-corrected chi connectivity index (χ4v) is 5.53. The van der Waals surface area contributed by atoms with Crippen LogP contribution in [0.2, 0.25) is 10.0 Å². The second-order valence-electron chi connectivity index (χ2n) is 9.76. The lowest BCUT2D eigenvalue weighted by atomic mass is 9.81. The van der Waals surface area contributed by atoms with Crippen LogP contribution < -0.4 is 5.32 Å². The number of nitrogens with zero attached hydrogens (tertiary/aromatic N) is 2. The van der Waals surface area contributed by atoms with Crippen molar-refractivity contribution in [3.8, 4) is 0 Å². The van der Waals surface area contributed by atoms with Crippen LogP contribution in [0.25, 0.3) is 0 Å². The first-order valence-corrected chi connectivity index (χ1v) is 13.4. The van der Waals surface area contributed by atoms with Crippen LogP contribution >= 0.6 is 35.6 Å². The van der Waals surface area contributed by atoms with Gasteiger partial charge in [0.05, 0.1) is 15.6 Å². The number of likely N-dealkylation sites (N-methyl/N-ethyl adjacent to an activating group) is 1. The molecular weight excluding hydrogens is 541 g/mol. The molecule has 0 aliphatic carbocycles. The summed E-state index contributed by atoms with van der Waals surface area (Å²) in [4.78, 5) is 28.7. The van der Waals surface area contributed by atoms with Gasteiger partial charge in [-0.05, 0) is 61.2 Å². The van der Waals surface area contributed by atoms with Gasteiger partial charge in [0, 0.05) is 38.2 Å². The van der Waals surface area contributed by atoms with Gasteiger partial charge in [-0.1, -0.05) is 77.8 Å². The number of nitrogens with one attached hydrogen (secondary N) is 1. The van der Waals surface area contributed by atoms with Crippen LogP contribution in [-0.2, 0) is 10.3 Å². The second kappa shape index (κ2) is 14.0. The van der Waals surface area contributed by atoms with E-state index < -0.39 is 0 Å². The Kier molecular flexibility index (Phi) is 11.0. The van der Waals surface area contributed by atoms with Gasteiger partial charge in [-0.25, -0.2) is 0 Å². The third kappa shape index (κ3) is 7.29. The first-order valence-electron chi connectivity index (χ1n) is 12.7. The zero-order chi connectivity index (χ0) is 26.3. The summed E-state index contributed by atoms with van der Waals surface area (Å²) in [5, 5.41) is 4.15. The first kappa shape index (κ1) is 30.0. The maximum absolute atomic E-state index is 13.0. The predicted molar refractivity (Wildman–Crippen MR) is 157 cm³/mol. The Morgan fingerprint density at radius 2 is 1.63 bits per heavy atom. The summed E-state index contributed by atoms with van der Waals surface area (Å²) in [5.74, 6) is 0.0950. The molecule has 0 bridgehead atoms. The summed E-state index contributed by atoms with van der Waals surface area (Å²) in [6.07, 6.45) is 3.38. The molecule has 1 atom stereocenters. The van der Waals surface area contributed by atoms with Gasteiger partial charge in [-0.3, -0.25) is 9.59 Å². The summed E-state index contributed by atoms with van der Waals surface area (Å²) in [6.45, 7) is 3.20. The van der Waals surface area contributed by atoms with Crippen LogP contribution in [-0.4, -0.2) is 55.3 Å². The minimum atomic E-state index is -0.328. The molecule has 38 heavy (non-hydrogen) atoms. The number of halogens is 3. The van der Waals surface area contributed by atoms with Crippen LogP contribution in [0, 0.1) is 0 Å². The quantitative estimate of drug-likeness (QED) is 0.285. The molecule has 1 N–H and O–H groups in total. The molecule has 1 unspecified atom stereocenters. The van der Waals surface area contributed by atoms with E-state index in [0.717, 1.165) is 56.4 Å². The SMILES string of the molecule is CN(CC(CCN1CCC(NC=O)(c2ccccc2)CC1)c1ccc(Cl)c(Cl)c1)C(=O)c1ccccc1.Cl. The Labute approximate surface area is 241 Å². The zero-order valence-corrected chi connectivity index (χ0v) is 23.8. The van der Waals surface area contributed by atoms with Gasteiger partial charge in [0.2, 0.25) is 6.41 Å². The van der Waals surface area contributed by atoms with E-state index in [0.29, 0.717) is 22.2 Å². The monoisotopic (exact) mass is 573 g/mol. The molecule has 4 rings (SSSR count). The maximum atomic E-state index is 13.0. The number of carbonyl (C=O) groups excluding carboxylic acids is 2.